The largest absolute Gasteiger partial charge is 0.456 e. The highest BCUT2D eigenvalue weighted by Gasteiger charge is 2.22. The molecule has 0 aliphatic carbocycles. The van der Waals surface area contributed by atoms with Gasteiger partial charge in [-0.3, -0.25) is 0 Å². The molecule has 0 atom stereocenters. The summed E-state index contributed by atoms with van der Waals surface area (Å²) in [5, 5.41) is 7.17. The molecular formula is C66H43N3OS. The molecule has 11 aromatic carbocycles. The summed E-state index contributed by atoms with van der Waals surface area (Å²) in [5.41, 5.74) is 16.1. The summed E-state index contributed by atoms with van der Waals surface area (Å²) < 4.78 is 11.5. The average Bonchev–Trinajstić information content (AvgIpc) is 4.11. The maximum Gasteiger partial charge on any atom is 0.137 e. The zero-order valence-corrected chi connectivity index (χ0v) is 39.3. The Morgan fingerprint density at radius 1 is 0.282 bits per heavy atom. The van der Waals surface area contributed by atoms with Gasteiger partial charge in [0.1, 0.15) is 11.2 Å². The van der Waals surface area contributed by atoms with E-state index in [4.69, 9.17) is 4.42 Å². The lowest BCUT2D eigenvalue weighted by atomic mass is 9.99. The van der Waals surface area contributed by atoms with Crippen LogP contribution in [0.15, 0.2) is 265 Å². The van der Waals surface area contributed by atoms with Crippen LogP contribution in [-0.2, 0) is 0 Å². The number of nitrogens with zero attached hydrogens (tertiary/aromatic N) is 3. The van der Waals surface area contributed by atoms with Gasteiger partial charge in [0.25, 0.3) is 0 Å². The van der Waals surface area contributed by atoms with Crippen molar-refractivity contribution in [3.63, 3.8) is 0 Å². The molecule has 0 amide bonds. The van der Waals surface area contributed by atoms with Crippen molar-refractivity contribution in [2.75, 3.05) is 9.80 Å². The standard InChI is InChI=1S/C66H43N3OS/c1-4-16-44(17-5-1)45-28-31-50(32-29-45)69-61-25-13-10-22-55(61)60-40-46(30-37-62(60)69)47-38-53(67(48-18-6-2-7-19-48)51-33-35-57-56-23-11-14-26-63(56)70-64(57)42-51)41-54(39-47)68(49-20-8-3-9-21-49)52-34-36-59-58-24-12-15-27-65(58)71-66(59)43-52/h1-43H. The van der Waals surface area contributed by atoms with E-state index in [0.29, 0.717) is 0 Å². The Bertz CT molecular complexity index is 4110. The molecule has 0 aliphatic heterocycles. The third-order valence-corrected chi connectivity index (χ3v) is 15.1. The molecular weight excluding hydrogens is 883 g/mol. The maximum absolute atomic E-state index is 6.54. The molecule has 0 radical (unpaired) electrons. The zero-order chi connectivity index (χ0) is 46.8. The highest BCUT2D eigenvalue weighted by Crippen LogP contribution is 2.47. The summed E-state index contributed by atoms with van der Waals surface area (Å²) in [7, 11) is 0. The van der Waals surface area contributed by atoms with Crippen molar-refractivity contribution in [3.05, 3.63) is 261 Å². The second-order valence-electron chi connectivity index (χ2n) is 18.1. The Balaban J connectivity index is 0.992. The number of rotatable bonds is 9. The van der Waals surface area contributed by atoms with Gasteiger partial charge in [0, 0.05) is 87.6 Å². The van der Waals surface area contributed by atoms with Gasteiger partial charge in [-0.15, -0.1) is 11.3 Å². The zero-order valence-electron chi connectivity index (χ0n) is 38.5. The number of fused-ring (bicyclic) bond motifs is 9. The van der Waals surface area contributed by atoms with Gasteiger partial charge < -0.3 is 18.8 Å². The topological polar surface area (TPSA) is 24.6 Å². The molecule has 0 saturated heterocycles. The van der Waals surface area contributed by atoms with Crippen molar-refractivity contribution in [3.8, 4) is 27.9 Å². The van der Waals surface area contributed by atoms with E-state index in [-0.39, 0.29) is 0 Å². The van der Waals surface area contributed by atoms with E-state index in [1.807, 2.05) is 23.5 Å². The molecule has 334 valence electrons. The average molecular weight is 926 g/mol. The minimum Gasteiger partial charge on any atom is -0.456 e. The number of anilines is 6. The maximum atomic E-state index is 6.54. The van der Waals surface area contributed by atoms with Crippen LogP contribution < -0.4 is 9.80 Å². The summed E-state index contributed by atoms with van der Waals surface area (Å²) >= 11 is 1.84. The third-order valence-electron chi connectivity index (χ3n) is 13.9. The number of hydrogen-bond acceptors (Lipinski definition) is 4. The molecule has 3 heterocycles. The SMILES string of the molecule is c1ccc(-c2ccc(-n3c4ccccc4c4cc(-c5cc(N(c6ccccc6)c6ccc7c(c6)oc6ccccc67)cc(N(c6ccccc6)c6ccc7c(c6)sc6ccccc67)c5)ccc43)cc2)cc1. The first-order valence-electron chi connectivity index (χ1n) is 24.1. The molecule has 0 aliphatic rings. The van der Waals surface area contributed by atoms with Crippen LogP contribution in [0.25, 0.3) is 91.9 Å². The number of benzene rings is 11. The molecule has 14 rings (SSSR count). The van der Waals surface area contributed by atoms with Crippen molar-refractivity contribution < 1.29 is 4.42 Å². The van der Waals surface area contributed by atoms with Gasteiger partial charge in [-0.1, -0.05) is 146 Å². The van der Waals surface area contributed by atoms with Crippen molar-refractivity contribution in [1.82, 2.24) is 4.57 Å². The van der Waals surface area contributed by atoms with Gasteiger partial charge in [-0.05, 0) is 131 Å². The van der Waals surface area contributed by atoms with Gasteiger partial charge in [-0.25, -0.2) is 0 Å². The van der Waals surface area contributed by atoms with Gasteiger partial charge in [0.2, 0.25) is 0 Å². The molecule has 0 spiro atoms. The predicted octanol–water partition coefficient (Wildman–Crippen LogP) is 19.3. The molecule has 5 heteroatoms. The van der Waals surface area contributed by atoms with Gasteiger partial charge in [0.05, 0.1) is 11.0 Å². The normalized spacial score (nSPS) is 11.7. The van der Waals surface area contributed by atoms with E-state index < -0.39 is 0 Å². The minimum absolute atomic E-state index is 0.847. The molecule has 0 bridgehead atoms. The third kappa shape index (κ3) is 7.05. The van der Waals surface area contributed by atoms with E-state index >= 15 is 0 Å². The molecule has 14 aromatic rings. The van der Waals surface area contributed by atoms with Crippen LogP contribution in [0.2, 0.25) is 0 Å². The van der Waals surface area contributed by atoms with Crippen LogP contribution in [0.4, 0.5) is 34.1 Å². The number of furan rings is 1. The molecule has 0 unspecified atom stereocenters. The van der Waals surface area contributed by atoms with Gasteiger partial charge >= 0.3 is 0 Å². The molecule has 3 aromatic heterocycles. The Morgan fingerprint density at radius 2 is 0.817 bits per heavy atom. The predicted molar refractivity (Wildman–Crippen MR) is 301 cm³/mol. The summed E-state index contributed by atoms with van der Waals surface area (Å²) in [6.07, 6.45) is 0. The number of aromatic nitrogens is 1. The molecule has 4 nitrogen and oxygen atoms in total. The fourth-order valence-electron chi connectivity index (χ4n) is 10.6. The van der Waals surface area contributed by atoms with Crippen LogP contribution in [-0.4, -0.2) is 4.57 Å². The monoisotopic (exact) mass is 925 g/mol. The van der Waals surface area contributed by atoms with E-state index in [2.05, 4.69) is 263 Å². The van der Waals surface area contributed by atoms with Crippen molar-refractivity contribution in [1.29, 1.82) is 0 Å². The van der Waals surface area contributed by atoms with Gasteiger partial charge in [0.15, 0.2) is 0 Å². The molecule has 0 N–H and O–H groups in total. The highest BCUT2D eigenvalue weighted by molar-refractivity contribution is 7.25. The molecule has 71 heavy (non-hydrogen) atoms. The lowest BCUT2D eigenvalue weighted by Gasteiger charge is -2.30. The van der Waals surface area contributed by atoms with E-state index in [1.165, 1.54) is 47.6 Å². The Labute approximate surface area is 414 Å². The fraction of sp³-hybridized carbons (Fsp3) is 0. The van der Waals surface area contributed by atoms with E-state index in [0.717, 1.165) is 78.4 Å². The van der Waals surface area contributed by atoms with Crippen LogP contribution >= 0.6 is 11.3 Å². The number of thiophene rings is 1. The lowest BCUT2D eigenvalue weighted by molar-refractivity contribution is 0.669. The van der Waals surface area contributed by atoms with Crippen LogP contribution in [0.3, 0.4) is 0 Å². The molecule has 0 fully saturated rings. The number of hydrogen-bond donors (Lipinski definition) is 0. The molecule has 0 saturated carbocycles. The smallest absolute Gasteiger partial charge is 0.137 e. The fourth-order valence-corrected chi connectivity index (χ4v) is 11.8. The van der Waals surface area contributed by atoms with Crippen molar-refractivity contribution in [2.24, 2.45) is 0 Å². The summed E-state index contributed by atoms with van der Waals surface area (Å²) in [6, 6.07) is 94.3. The van der Waals surface area contributed by atoms with E-state index in [1.54, 1.807) is 0 Å². The second kappa shape index (κ2) is 16.8. The van der Waals surface area contributed by atoms with Crippen molar-refractivity contribution >= 4 is 109 Å². The van der Waals surface area contributed by atoms with Crippen LogP contribution in [0.5, 0.6) is 0 Å². The van der Waals surface area contributed by atoms with Crippen molar-refractivity contribution in [2.45, 2.75) is 0 Å². The first-order valence-corrected chi connectivity index (χ1v) is 24.9. The summed E-state index contributed by atoms with van der Waals surface area (Å²) in [6.45, 7) is 0. The van der Waals surface area contributed by atoms with Crippen LogP contribution in [0, 0.1) is 0 Å². The Morgan fingerprint density at radius 3 is 1.55 bits per heavy atom. The quantitative estimate of drug-likeness (QED) is 0.144. The van der Waals surface area contributed by atoms with Gasteiger partial charge in [-0.2, -0.15) is 0 Å². The first kappa shape index (κ1) is 40.9. The number of para-hydroxylation sites is 4. The Hall–Kier alpha value is -9.16. The van der Waals surface area contributed by atoms with E-state index in [9.17, 15) is 0 Å². The second-order valence-corrected chi connectivity index (χ2v) is 19.2. The Kier molecular flexibility index (Phi) is 9.68. The minimum atomic E-state index is 0.847. The first-order chi connectivity index (χ1) is 35.2. The summed E-state index contributed by atoms with van der Waals surface area (Å²) in [5.74, 6) is 0. The lowest BCUT2D eigenvalue weighted by Crippen LogP contribution is -2.13. The summed E-state index contributed by atoms with van der Waals surface area (Å²) in [4.78, 5) is 4.77. The highest BCUT2D eigenvalue weighted by atomic mass is 32.1. The van der Waals surface area contributed by atoms with Crippen LogP contribution in [0.1, 0.15) is 0 Å².